The Morgan fingerprint density at radius 3 is 2.67 bits per heavy atom. The van der Waals surface area contributed by atoms with Crippen LogP contribution in [-0.4, -0.2) is 71.3 Å². The molecule has 4 heterocycles. The lowest BCUT2D eigenvalue weighted by Gasteiger charge is -2.37. The van der Waals surface area contributed by atoms with Crippen molar-refractivity contribution in [2.24, 2.45) is 0 Å². The van der Waals surface area contributed by atoms with Gasteiger partial charge in [-0.15, -0.1) is 0 Å². The molecule has 1 atom stereocenters. The summed E-state index contributed by atoms with van der Waals surface area (Å²) in [4.78, 5) is 19.2. The molecule has 2 fully saturated rings. The number of rotatable bonds is 5. The van der Waals surface area contributed by atoms with Crippen LogP contribution in [0.25, 0.3) is 16.9 Å². The fraction of sp³-hybridized carbons (Fsp3) is 0.320. The molecule has 1 unspecified atom stereocenters. The van der Waals surface area contributed by atoms with Crippen molar-refractivity contribution in [1.82, 2.24) is 24.4 Å². The molecule has 11 heteroatoms. The number of hydrogen-bond donors (Lipinski definition) is 1. The lowest BCUT2D eigenvalue weighted by Crippen LogP contribution is -2.50. The first kappa shape index (κ1) is 22.9. The Bertz CT molecular complexity index is 1540. The van der Waals surface area contributed by atoms with Crippen LogP contribution in [0.3, 0.4) is 0 Å². The van der Waals surface area contributed by atoms with Gasteiger partial charge in [0.25, 0.3) is 0 Å². The molecular weight excluding hydrogens is 481 g/mol. The quantitative estimate of drug-likeness (QED) is 0.439. The van der Waals surface area contributed by atoms with Crippen molar-refractivity contribution in [3.05, 3.63) is 60.7 Å². The van der Waals surface area contributed by atoms with Crippen LogP contribution in [0.4, 0.5) is 21.8 Å². The molecule has 0 saturated carbocycles. The van der Waals surface area contributed by atoms with Crippen LogP contribution < -0.4 is 10.2 Å². The van der Waals surface area contributed by atoms with E-state index in [0.717, 1.165) is 32.6 Å². The number of aromatic nitrogens is 4. The molecule has 2 aliphatic rings. The number of halogens is 1. The van der Waals surface area contributed by atoms with Crippen LogP contribution in [0, 0.1) is 5.82 Å². The summed E-state index contributed by atoms with van der Waals surface area (Å²) in [6.45, 7) is 3.77. The number of imidazole rings is 1. The second-order valence-corrected chi connectivity index (χ2v) is 11.4. The van der Waals surface area contributed by atoms with Gasteiger partial charge in [0.05, 0.1) is 10.6 Å². The van der Waals surface area contributed by atoms with Crippen molar-refractivity contribution in [2.75, 3.05) is 42.7 Å². The highest BCUT2D eigenvalue weighted by atomic mass is 32.2. The summed E-state index contributed by atoms with van der Waals surface area (Å²) in [5.41, 5.74) is 2.39. The van der Waals surface area contributed by atoms with Gasteiger partial charge in [-0.2, -0.15) is 9.97 Å². The normalized spacial score (nSPS) is 18.5. The van der Waals surface area contributed by atoms with Gasteiger partial charge in [0.15, 0.2) is 26.8 Å². The van der Waals surface area contributed by atoms with Gasteiger partial charge in [-0.25, -0.2) is 17.8 Å². The smallest absolute Gasteiger partial charge is 0.229 e. The zero-order chi connectivity index (χ0) is 24.9. The number of anilines is 3. The monoisotopic (exact) mass is 507 g/mol. The first-order valence-corrected chi connectivity index (χ1v) is 13.8. The molecule has 0 amide bonds. The second-order valence-electron chi connectivity index (χ2n) is 9.34. The van der Waals surface area contributed by atoms with Crippen molar-refractivity contribution in [3.8, 4) is 5.69 Å². The molecule has 2 aliphatic heterocycles. The molecule has 2 aromatic heterocycles. The molecule has 2 aromatic carbocycles. The average Bonchev–Trinajstić information content (AvgIpc) is 3.50. The van der Waals surface area contributed by atoms with E-state index in [1.165, 1.54) is 24.8 Å². The number of nitrogens with zero attached hydrogens (tertiary/aromatic N) is 6. The topological polar surface area (TPSA) is 96.2 Å². The van der Waals surface area contributed by atoms with Crippen molar-refractivity contribution in [3.63, 3.8) is 0 Å². The predicted octanol–water partition coefficient (Wildman–Crippen LogP) is 3.39. The maximum Gasteiger partial charge on any atom is 0.229 e. The van der Waals surface area contributed by atoms with E-state index in [-0.39, 0.29) is 10.7 Å². The van der Waals surface area contributed by atoms with Crippen LogP contribution in [0.15, 0.2) is 59.8 Å². The van der Waals surface area contributed by atoms with E-state index in [1.807, 2.05) is 0 Å². The van der Waals surface area contributed by atoms with E-state index in [0.29, 0.717) is 40.3 Å². The number of fused-ring (bicyclic) bond motifs is 2. The molecule has 4 aromatic rings. The maximum absolute atomic E-state index is 14.0. The van der Waals surface area contributed by atoms with Gasteiger partial charge in [0.1, 0.15) is 12.1 Å². The lowest BCUT2D eigenvalue weighted by molar-refractivity contribution is 0.230. The first-order chi connectivity index (χ1) is 17.3. The van der Waals surface area contributed by atoms with Crippen molar-refractivity contribution in [2.45, 2.75) is 23.8 Å². The lowest BCUT2D eigenvalue weighted by atomic mass is 10.1. The Morgan fingerprint density at radius 1 is 1.06 bits per heavy atom. The van der Waals surface area contributed by atoms with Crippen LogP contribution in [0.5, 0.6) is 0 Å². The molecule has 0 spiro atoms. The Balaban J connectivity index is 1.43. The fourth-order valence-electron chi connectivity index (χ4n) is 5.03. The molecule has 0 bridgehead atoms. The highest BCUT2D eigenvalue weighted by Crippen LogP contribution is 2.30. The van der Waals surface area contributed by atoms with E-state index >= 15 is 0 Å². The minimum absolute atomic E-state index is 0.242. The molecule has 0 aliphatic carbocycles. The summed E-state index contributed by atoms with van der Waals surface area (Å²) in [7, 11) is -3.30. The third kappa shape index (κ3) is 4.28. The first-order valence-electron chi connectivity index (χ1n) is 11.9. The number of sulfone groups is 1. The summed E-state index contributed by atoms with van der Waals surface area (Å²) in [6, 6.07) is 13.3. The standard InChI is InChI=1S/C25H26FN7O2S/c1-36(34,35)21-9-7-18(8-10-21)28-23-22-24(33(16-27-22)19-5-2-4-17(26)14-19)30-25(29-23)32-13-12-31-11-3-6-20(31)15-32/h2,4-5,7-10,14,16,20H,3,6,11-13,15H2,1H3,(H,28,29,30). The van der Waals surface area contributed by atoms with E-state index in [9.17, 15) is 12.8 Å². The molecular formula is C25H26FN7O2S. The number of benzene rings is 2. The number of nitrogens with one attached hydrogen (secondary N) is 1. The van der Waals surface area contributed by atoms with E-state index < -0.39 is 9.84 Å². The summed E-state index contributed by atoms with van der Waals surface area (Å²) >= 11 is 0. The van der Waals surface area contributed by atoms with Crippen molar-refractivity contribution < 1.29 is 12.8 Å². The fourth-order valence-corrected chi connectivity index (χ4v) is 5.66. The largest absolute Gasteiger partial charge is 0.338 e. The summed E-state index contributed by atoms with van der Waals surface area (Å²) < 4.78 is 39.5. The van der Waals surface area contributed by atoms with Gasteiger partial charge in [0.2, 0.25) is 5.95 Å². The zero-order valence-corrected chi connectivity index (χ0v) is 20.6. The van der Waals surface area contributed by atoms with Gasteiger partial charge in [-0.05, 0) is 61.9 Å². The van der Waals surface area contributed by atoms with Gasteiger partial charge in [-0.3, -0.25) is 9.47 Å². The predicted molar refractivity (Wildman–Crippen MR) is 136 cm³/mol. The number of hydrogen-bond acceptors (Lipinski definition) is 8. The van der Waals surface area contributed by atoms with E-state index in [1.54, 1.807) is 47.3 Å². The SMILES string of the molecule is CS(=O)(=O)c1ccc(Nc2nc(N3CCN4CCCC4C3)nc3c2ncn3-c2cccc(F)c2)cc1. The molecule has 186 valence electrons. The molecule has 9 nitrogen and oxygen atoms in total. The Labute approximate surface area is 208 Å². The summed E-state index contributed by atoms with van der Waals surface area (Å²) in [5.74, 6) is 0.749. The van der Waals surface area contributed by atoms with Gasteiger partial charge < -0.3 is 10.2 Å². The Morgan fingerprint density at radius 2 is 1.89 bits per heavy atom. The van der Waals surface area contributed by atoms with Crippen LogP contribution in [0.1, 0.15) is 12.8 Å². The number of piperazine rings is 1. The third-order valence-corrected chi connectivity index (χ3v) is 8.01. The zero-order valence-electron chi connectivity index (χ0n) is 19.8. The molecule has 1 N–H and O–H groups in total. The van der Waals surface area contributed by atoms with Crippen LogP contribution in [0.2, 0.25) is 0 Å². The maximum atomic E-state index is 14.0. The van der Waals surface area contributed by atoms with E-state index in [2.05, 4.69) is 20.1 Å². The van der Waals surface area contributed by atoms with Gasteiger partial charge >= 0.3 is 0 Å². The summed E-state index contributed by atoms with van der Waals surface area (Å²) in [5, 5.41) is 3.29. The summed E-state index contributed by atoms with van der Waals surface area (Å²) in [6.07, 6.45) is 5.17. The molecule has 0 radical (unpaired) electrons. The second kappa shape index (κ2) is 8.82. The third-order valence-electron chi connectivity index (χ3n) is 6.89. The molecule has 2 saturated heterocycles. The van der Waals surface area contributed by atoms with E-state index in [4.69, 9.17) is 9.97 Å². The van der Waals surface area contributed by atoms with Crippen LogP contribution >= 0.6 is 0 Å². The van der Waals surface area contributed by atoms with Crippen molar-refractivity contribution in [1.29, 1.82) is 0 Å². The van der Waals surface area contributed by atoms with Crippen LogP contribution in [-0.2, 0) is 9.84 Å². The Kier molecular flexibility index (Phi) is 5.60. The minimum Gasteiger partial charge on any atom is -0.338 e. The average molecular weight is 508 g/mol. The minimum atomic E-state index is -3.30. The molecule has 36 heavy (non-hydrogen) atoms. The van der Waals surface area contributed by atoms with Gasteiger partial charge in [-0.1, -0.05) is 6.07 Å². The highest BCUT2D eigenvalue weighted by Gasteiger charge is 2.32. The van der Waals surface area contributed by atoms with Gasteiger partial charge in [0, 0.05) is 37.6 Å². The highest BCUT2D eigenvalue weighted by molar-refractivity contribution is 7.90. The van der Waals surface area contributed by atoms with Crippen molar-refractivity contribution >= 4 is 38.5 Å². The Hall–Kier alpha value is -3.57. The molecule has 6 rings (SSSR count).